The summed E-state index contributed by atoms with van der Waals surface area (Å²) in [4.78, 5) is 27.2. The molecule has 2 rings (SSSR count). The molecule has 2 unspecified atom stereocenters. The number of hydrogen-bond donors (Lipinski definition) is 2. The second-order valence-corrected chi connectivity index (χ2v) is 8.78. The number of nitrogens with zero attached hydrogens (tertiary/aromatic N) is 1. The molecule has 162 valence electrons. The molecule has 0 aliphatic carbocycles. The van der Waals surface area contributed by atoms with E-state index in [1.165, 1.54) is 6.42 Å². The number of likely N-dealkylation sites (tertiary alicyclic amines) is 1. The molecule has 0 bridgehead atoms. The molecule has 3 atom stereocenters. The van der Waals surface area contributed by atoms with Gasteiger partial charge in [-0.15, -0.1) is 0 Å². The Balaban J connectivity index is 1.70. The summed E-state index contributed by atoms with van der Waals surface area (Å²) in [5, 5.41) is 5.67. The van der Waals surface area contributed by atoms with Gasteiger partial charge in [-0.25, -0.2) is 4.79 Å². The molecule has 1 aliphatic heterocycles. The molecule has 2 amide bonds. The maximum Gasteiger partial charge on any atom is 0.408 e. The van der Waals surface area contributed by atoms with Crippen LogP contribution in [-0.2, 0) is 16.1 Å². The van der Waals surface area contributed by atoms with Crippen LogP contribution in [0.5, 0.6) is 0 Å². The van der Waals surface area contributed by atoms with Gasteiger partial charge in [0.2, 0.25) is 5.91 Å². The van der Waals surface area contributed by atoms with Crippen LogP contribution in [0.15, 0.2) is 30.3 Å². The number of hydrogen-bond acceptors (Lipinski definition) is 4. The van der Waals surface area contributed by atoms with Crippen molar-refractivity contribution in [2.24, 2.45) is 17.8 Å². The van der Waals surface area contributed by atoms with E-state index in [0.29, 0.717) is 6.54 Å². The van der Waals surface area contributed by atoms with Gasteiger partial charge in [0.25, 0.3) is 0 Å². The maximum absolute atomic E-state index is 12.6. The molecule has 1 aliphatic rings. The Morgan fingerprint density at radius 2 is 1.79 bits per heavy atom. The molecule has 0 aromatic heterocycles. The van der Waals surface area contributed by atoms with Crippen LogP contribution in [0.3, 0.4) is 0 Å². The Labute approximate surface area is 175 Å². The zero-order valence-corrected chi connectivity index (χ0v) is 18.3. The first-order valence-electron chi connectivity index (χ1n) is 10.8. The van der Waals surface area contributed by atoms with Crippen LogP contribution in [0.4, 0.5) is 4.79 Å². The van der Waals surface area contributed by atoms with Gasteiger partial charge in [0.1, 0.15) is 12.6 Å². The lowest BCUT2D eigenvalue weighted by molar-refractivity contribution is -0.124. The van der Waals surface area contributed by atoms with Crippen LogP contribution in [0.1, 0.15) is 46.1 Å². The molecule has 0 saturated carbocycles. The monoisotopic (exact) mass is 403 g/mol. The summed E-state index contributed by atoms with van der Waals surface area (Å²) in [7, 11) is 0. The van der Waals surface area contributed by atoms with Gasteiger partial charge in [-0.05, 0) is 42.7 Å². The van der Waals surface area contributed by atoms with Gasteiger partial charge in [0, 0.05) is 19.6 Å². The van der Waals surface area contributed by atoms with Gasteiger partial charge < -0.3 is 20.3 Å². The van der Waals surface area contributed by atoms with E-state index in [2.05, 4.69) is 29.4 Å². The van der Waals surface area contributed by atoms with Crippen LogP contribution < -0.4 is 10.6 Å². The molecule has 6 heteroatoms. The summed E-state index contributed by atoms with van der Waals surface area (Å²) in [6.45, 7) is 12.5. The topological polar surface area (TPSA) is 70.7 Å². The molecule has 1 heterocycles. The third-order valence-corrected chi connectivity index (χ3v) is 5.33. The Morgan fingerprint density at radius 1 is 1.14 bits per heavy atom. The van der Waals surface area contributed by atoms with Gasteiger partial charge in [-0.3, -0.25) is 4.79 Å². The standard InChI is InChI=1S/C23H37N3O3/c1-17(2)21(25-23(28)29-16-20-9-6-5-7-10-20)22(27)24-11-8-12-26-14-18(3)13-19(4)15-26/h5-7,9-10,17-19,21H,8,11-16H2,1-4H3,(H,24,27)(H,25,28)/t18?,19?,21-/m0/s1. The van der Waals surface area contributed by atoms with Crippen molar-refractivity contribution < 1.29 is 14.3 Å². The van der Waals surface area contributed by atoms with E-state index in [9.17, 15) is 9.59 Å². The van der Waals surface area contributed by atoms with Gasteiger partial charge in [0.15, 0.2) is 0 Å². The summed E-state index contributed by atoms with van der Waals surface area (Å²) in [6, 6.07) is 8.88. The predicted molar refractivity (Wildman–Crippen MR) is 115 cm³/mol. The van der Waals surface area contributed by atoms with E-state index in [1.54, 1.807) is 0 Å². The molecule has 29 heavy (non-hydrogen) atoms. The van der Waals surface area contributed by atoms with E-state index in [0.717, 1.165) is 43.5 Å². The highest BCUT2D eigenvalue weighted by molar-refractivity contribution is 5.85. The SMILES string of the molecule is CC1CC(C)CN(CCCNC(=O)[C@@H](NC(=O)OCc2ccccc2)C(C)C)C1. The lowest BCUT2D eigenvalue weighted by atomic mass is 9.92. The number of ether oxygens (including phenoxy) is 1. The second-order valence-electron chi connectivity index (χ2n) is 8.78. The van der Waals surface area contributed by atoms with Gasteiger partial charge >= 0.3 is 6.09 Å². The maximum atomic E-state index is 12.6. The van der Waals surface area contributed by atoms with Crippen molar-refractivity contribution in [3.63, 3.8) is 0 Å². The zero-order valence-electron chi connectivity index (χ0n) is 18.3. The van der Waals surface area contributed by atoms with Crippen molar-refractivity contribution in [2.45, 2.75) is 53.2 Å². The highest BCUT2D eigenvalue weighted by atomic mass is 16.5. The first-order chi connectivity index (χ1) is 13.8. The lowest BCUT2D eigenvalue weighted by Gasteiger charge is -2.35. The average Bonchev–Trinajstić information content (AvgIpc) is 2.67. The number of nitrogens with one attached hydrogen (secondary N) is 2. The Morgan fingerprint density at radius 3 is 2.41 bits per heavy atom. The van der Waals surface area contributed by atoms with Crippen molar-refractivity contribution in [3.05, 3.63) is 35.9 Å². The fourth-order valence-corrected chi connectivity index (χ4v) is 4.03. The van der Waals surface area contributed by atoms with E-state index in [-0.39, 0.29) is 18.4 Å². The Hall–Kier alpha value is -2.08. The second kappa shape index (κ2) is 11.8. The van der Waals surface area contributed by atoms with Crippen LogP contribution in [-0.4, -0.2) is 49.1 Å². The number of benzene rings is 1. The van der Waals surface area contributed by atoms with E-state index >= 15 is 0 Å². The number of carbonyl (C=O) groups is 2. The lowest BCUT2D eigenvalue weighted by Crippen LogP contribution is -2.50. The molecule has 0 spiro atoms. The van der Waals surface area contributed by atoms with Crippen molar-refractivity contribution in [1.82, 2.24) is 15.5 Å². The zero-order chi connectivity index (χ0) is 21.2. The van der Waals surface area contributed by atoms with Crippen LogP contribution in [0.2, 0.25) is 0 Å². The number of carbonyl (C=O) groups excluding carboxylic acids is 2. The highest BCUT2D eigenvalue weighted by Crippen LogP contribution is 2.20. The van der Waals surface area contributed by atoms with Crippen molar-refractivity contribution >= 4 is 12.0 Å². The van der Waals surface area contributed by atoms with Crippen LogP contribution >= 0.6 is 0 Å². The normalized spacial score (nSPS) is 20.9. The first kappa shape index (κ1) is 23.2. The molecule has 0 radical (unpaired) electrons. The number of piperidine rings is 1. The van der Waals surface area contributed by atoms with Crippen molar-refractivity contribution in [2.75, 3.05) is 26.2 Å². The average molecular weight is 404 g/mol. The summed E-state index contributed by atoms with van der Waals surface area (Å²) in [6.07, 6.45) is 1.64. The van der Waals surface area contributed by atoms with E-state index in [1.807, 2.05) is 44.2 Å². The van der Waals surface area contributed by atoms with Gasteiger partial charge in [-0.2, -0.15) is 0 Å². The quantitative estimate of drug-likeness (QED) is 0.620. The first-order valence-corrected chi connectivity index (χ1v) is 10.8. The predicted octanol–water partition coefficient (Wildman–Crippen LogP) is 3.42. The molecule has 1 saturated heterocycles. The molecular weight excluding hydrogens is 366 g/mol. The number of alkyl carbamates (subject to hydrolysis) is 1. The summed E-state index contributed by atoms with van der Waals surface area (Å²) >= 11 is 0. The fourth-order valence-electron chi connectivity index (χ4n) is 4.03. The molecule has 1 aromatic rings. The third kappa shape index (κ3) is 8.44. The Bertz CT molecular complexity index is 626. The largest absolute Gasteiger partial charge is 0.445 e. The summed E-state index contributed by atoms with van der Waals surface area (Å²) < 4.78 is 5.25. The van der Waals surface area contributed by atoms with E-state index in [4.69, 9.17) is 4.74 Å². The summed E-state index contributed by atoms with van der Waals surface area (Å²) in [5.74, 6) is 1.30. The molecule has 6 nitrogen and oxygen atoms in total. The van der Waals surface area contributed by atoms with Crippen LogP contribution in [0.25, 0.3) is 0 Å². The van der Waals surface area contributed by atoms with Gasteiger partial charge in [0.05, 0.1) is 0 Å². The van der Waals surface area contributed by atoms with Crippen LogP contribution in [0, 0.1) is 17.8 Å². The molecule has 1 aromatic carbocycles. The highest BCUT2D eigenvalue weighted by Gasteiger charge is 2.25. The summed E-state index contributed by atoms with van der Waals surface area (Å²) in [5.41, 5.74) is 0.912. The third-order valence-electron chi connectivity index (χ3n) is 5.33. The smallest absolute Gasteiger partial charge is 0.408 e. The minimum absolute atomic E-state index is 0.0249. The minimum Gasteiger partial charge on any atom is -0.445 e. The molecule has 2 N–H and O–H groups in total. The van der Waals surface area contributed by atoms with Crippen molar-refractivity contribution in [1.29, 1.82) is 0 Å². The Kier molecular flexibility index (Phi) is 9.45. The van der Waals surface area contributed by atoms with Gasteiger partial charge in [-0.1, -0.05) is 58.0 Å². The molecule has 1 fully saturated rings. The van der Waals surface area contributed by atoms with Crippen molar-refractivity contribution in [3.8, 4) is 0 Å². The number of rotatable bonds is 9. The fraction of sp³-hybridized carbons (Fsp3) is 0.652. The van der Waals surface area contributed by atoms with E-state index < -0.39 is 12.1 Å². The molecular formula is C23H37N3O3. The minimum atomic E-state index is -0.603. The number of amides is 2.